The van der Waals surface area contributed by atoms with Gasteiger partial charge in [0.05, 0.1) is 12.1 Å². The number of nitrogens with one attached hydrogen (secondary N) is 1. The van der Waals surface area contributed by atoms with Crippen LogP contribution < -0.4 is 20.5 Å². The van der Waals surface area contributed by atoms with Crippen molar-refractivity contribution in [3.8, 4) is 11.5 Å². The number of ether oxygens (including phenoxy) is 2. The number of methoxy groups -OCH3 is 1. The van der Waals surface area contributed by atoms with E-state index in [-0.39, 0.29) is 22.1 Å². The van der Waals surface area contributed by atoms with Crippen molar-refractivity contribution in [1.29, 1.82) is 0 Å². The Labute approximate surface area is 131 Å². The molecule has 0 fully saturated rings. The van der Waals surface area contributed by atoms with Gasteiger partial charge in [0.2, 0.25) is 0 Å². The second-order valence-electron chi connectivity index (χ2n) is 4.28. The van der Waals surface area contributed by atoms with Gasteiger partial charge in [0, 0.05) is 5.56 Å². The Kier molecular flexibility index (Phi) is 6.00. The van der Waals surface area contributed by atoms with E-state index >= 15 is 0 Å². The molecule has 2 amide bonds. The number of hydrogen-bond acceptors (Lipinski definition) is 5. The molecular weight excluding hydrogens is 316 g/mol. The monoisotopic (exact) mass is 330 g/mol. The van der Waals surface area contributed by atoms with Gasteiger partial charge in [-0.1, -0.05) is 11.6 Å². The molecule has 0 aliphatic heterocycles. The van der Waals surface area contributed by atoms with Gasteiger partial charge in [0.1, 0.15) is 6.04 Å². The molecule has 0 aliphatic rings. The number of amides is 2. The van der Waals surface area contributed by atoms with Gasteiger partial charge in [-0.05, 0) is 19.1 Å². The molecule has 9 heteroatoms. The summed E-state index contributed by atoms with van der Waals surface area (Å²) >= 11 is 5.99. The van der Waals surface area contributed by atoms with E-state index in [1.54, 1.807) is 0 Å². The predicted octanol–water partition coefficient (Wildman–Crippen LogP) is 0.416. The van der Waals surface area contributed by atoms with Crippen LogP contribution in [0.5, 0.6) is 11.5 Å². The van der Waals surface area contributed by atoms with E-state index < -0.39 is 30.4 Å². The molecule has 0 aromatic heterocycles. The van der Waals surface area contributed by atoms with Gasteiger partial charge in [-0.3, -0.25) is 14.4 Å². The maximum absolute atomic E-state index is 12.0. The number of carboxylic acid groups (broad SMARTS) is 1. The van der Waals surface area contributed by atoms with E-state index in [9.17, 15) is 14.4 Å². The fraction of sp³-hybridized carbons (Fsp3) is 0.308. The third kappa shape index (κ3) is 4.52. The van der Waals surface area contributed by atoms with Crippen molar-refractivity contribution < 1.29 is 29.0 Å². The minimum Gasteiger partial charge on any atom is -0.493 e. The molecule has 0 radical (unpaired) electrons. The number of carbonyl (C=O) groups is 3. The van der Waals surface area contributed by atoms with Gasteiger partial charge < -0.3 is 25.6 Å². The maximum Gasteiger partial charge on any atom is 0.325 e. The number of carbonyl (C=O) groups excluding carboxylic acids is 2. The molecule has 0 bridgehead atoms. The van der Waals surface area contributed by atoms with Gasteiger partial charge >= 0.3 is 5.97 Å². The number of primary amides is 1. The number of rotatable bonds is 7. The molecule has 0 unspecified atom stereocenters. The summed E-state index contributed by atoms with van der Waals surface area (Å²) in [6, 6.07) is 1.51. The first-order valence-corrected chi connectivity index (χ1v) is 6.46. The molecule has 1 atom stereocenters. The fourth-order valence-electron chi connectivity index (χ4n) is 1.48. The SMILES string of the molecule is COc1cc(C(=O)N[C@@H](C)C(=O)O)cc(Cl)c1OCC(N)=O. The third-order valence-electron chi connectivity index (χ3n) is 2.57. The summed E-state index contributed by atoms with van der Waals surface area (Å²) in [5.74, 6) is -2.34. The minimum atomic E-state index is -1.17. The summed E-state index contributed by atoms with van der Waals surface area (Å²) in [4.78, 5) is 33.4. The van der Waals surface area contributed by atoms with Crippen LogP contribution in [-0.2, 0) is 9.59 Å². The summed E-state index contributed by atoms with van der Waals surface area (Å²) in [5, 5.41) is 11.1. The molecule has 0 heterocycles. The van der Waals surface area contributed by atoms with Crippen molar-refractivity contribution in [1.82, 2.24) is 5.32 Å². The van der Waals surface area contributed by atoms with Gasteiger partial charge in [-0.15, -0.1) is 0 Å². The van der Waals surface area contributed by atoms with Gasteiger partial charge in [-0.25, -0.2) is 0 Å². The van der Waals surface area contributed by atoms with E-state index in [2.05, 4.69) is 5.32 Å². The Balaban J connectivity index is 3.04. The molecule has 0 saturated carbocycles. The van der Waals surface area contributed by atoms with Gasteiger partial charge in [-0.2, -0.15) is 0 Å². The first-order chi connectivity index (χ1) is 10.3. The average Bonchev–Trinajstić information content (AvgIpc) is 2.44. The Hall–Kier alpha value is -2.48. The number of hydrogen-bond donors (Lipinski definition) is 3. The normalized spacial score (nSPS) is 11.4. The highest BCUT2D eigenvalue weighted by atomic mass is 35.5. The van der Waals surface area contributed by atoms with E-state index in [4.69, 9.17) is 31.9 Å². The lowest BCUT2D eigenvalue weighted by Gasteiger charge is -2.14. The molecule has 1 rings (SSSR count). The smallest absolute Gasteiger partial charge is 0.325 e. The summed E-state index contributed by atoms with van der Waals surface area (Å²) < 4.78 is 10.2. The Morgan fingerprint density at radius 2 is 2.05 bits per heavy atom. The highest BCUT2D eigenvalue weighted by Gasteiger charge is 2.19. The molecule has 4 N–H and O–H groups in total. The minimum absolute atomic E-state index is 0.0220. The molecular formula is C13H15ClN2O6. The van der Waals surface area contributed by atoms with Crippen molar-refractivity contribution in [2.24, 2.45) is 5.73 Å². The van der Waals surface area contributed by atoms with Crippen LogP contribution in [-0.4, -0.2) is 42.6 Å². The summed E-state index contributed by atoms with van der Waals surface area (Å²) in [6.07, 6.45) is 0. The number of halogens is 1. The highest BCUT2D eigenvalue weighted by Crippen LogP contribution is 2.36. The van der Waals surface area contributed by atoms with Crippen LogP contribution in [0.3, 0.4) is 0 Å². The van der Waals surface area contributed by atoms with Crippen LogP contribution in [0, 0.1) is 0 Å². The van der Waals surface area contributed by atoms with Crippen molar-refractivity contribution in [3.63, 3.8) is 0 Å². The third-order valence-corrected chi connectivity index (χ3v) is 2.85. The molecule has 0 aliphatic carbocycles. The van der Waals surface area contributed by atoms with Crippen LogP contribution >= 0.6 is 11.6 Å². The number of aliphatic carboxylic acids is 1. The first kappa shape index (κ1) is 17.6. The summed E-state index contributed by atoms with van der Waals surface area (Å²) in [7, 11) is 1.32. The van der Waals surface area contributed by atoms with Gasteiger partial charge in [0.15, 0.2) is 18.1 Å². The lowest BCUT2D eigenvalue weighted by Crippen LogP contribution is -2.38. The Morgan fingerprint density at radius 1 is 1.41 bits per heavy atom. The van der Waals surface area contributed by atoms with Crippen molar-refractivity contribution >= 4 is 29.4 Å². The largest absolute Gasteiger partial charge is 0.493 e. The summed E-state index contributed by atoms with van der Waals surface area (Å²) in [5.41, 5.74) is 5.06. The van der Waals surface area contributed by atoms with E-state index in [0.29, 0.717) is 0 Å². The first-order valence-electron chi connectivity index (χ1n) is 6.08. The molecule has 8 nitrogen and oxygen atoms in total. The number of benzene rings is 1. The van der Waals surface area contributed by atoms with Crippen molar-refractivity contribution in [2.75, 3.05) is 13.7 Å². The van der Waals surface area contributed by atoms with Crippen LogP contribution in [0.25, 0.3) is 0 Å². The van der Waals surface area contributed by atoms with Crippen molar-refractivity contribution in [2.45, 2.75) is 13.0 Å². The maximum atomic E-state index is 12.0. The molecule has 1 aromatic rings. The second kappa shape index (κ2) is 7.51. The molecule has 1 aromatic carbocycles. The lowest BCUT2D eigenvalue weighted by atomic mass is 10.1. The van der Waals surface area contributed by atoms with E-state index in [1.165, 1.54) is 26.2 Å². The Bertz CT molecular complexity index is 604. The lowest BCUT2D eigenvalue weighted by molar-refractivity contribution is -0.138. The average molecular weight is 331 g/mol. The quantitative estimate of drug-likeness (QED) is 0.664. The molecule has 22 heavy (non-hydrogen) atoms. The van der Waals surface area contributed by atoms with E-state index in [1.807, 2.05) is 0 Å². The van der Waals surface area contributed by atoms with Crippen LogP contribution in [0.1, 0.15) is 17.3 Å². The zero-order valence-electron chi connectivity index (χ0n) is 11.9. The fourth-order valence-corrected chi connectivity index (χ4v) is 1.74. The van der Waals surface area contributed by atoms with Crippen LogP contribution in [0.15, 0.2) is 12.1 Å². The van der Waals surface area contributed by atoms with Crippen LogP contribution in [0.4, 0.5) is 0 Å². The Morgan fingerprint density at radius 3 is 2.55 bits per heavy atom. The molecule has 120 valence electrons. The zero-order valence-corrected chi connectivity index (χ0v) is 12.6. The van der Waals surface area contributed by atoms with Gasteiger partial charge in [0.25, 0.3) is 11.8 Å². The highest BCUT2D eigenvalue weighted by molar-refractivity contribution is 6.32. The molecule has 0 spiro atoms. The number of carboxylic acids is 1. The van der Waals surface area contributed by atoms with Crippen LogP contribution in [0.2, 0.25) is 5.02 Å². The zero-order chi connectivity index (χ0) is 16.9. The number of nitrogens with two attached hydrogens (primary N) is 1. The topological polar surface area (TPSA) is 128 Å². The predicted molar refractivity (Wildman–Crippen MR) is 77.3 cm³/mol. The standard InChI is InChI=1S/C13H15ClN2O6/c1-6(13(19)20)16-12(18)7-3-8(14)11(9(4-7)21-2)22-5-10(15)17/h3-4,6H,5H2,1-2H3,(H2,15,17)(H,16,18)(H,19,20)/t6-/m0/s1. The van der Waals surface area contributed by atoms with Crippen molar-refractivity contribution in [3.05, 3.63) is 22.7 Å². The molecule has 0 saturated heterocycles. The second-order valence-corrected chi connectivity index (χ2v) is 4.69. The van der Waals surface area contributed by atoms with E-state index in [0.717, 1.165) is 0 Å². The summed E-state index contributed by atoms with van der Waals surface area (Å²) in [6.45, 7) is 0.918.